The van der Waals surface area contributed by atoms with Crippen molar-refractivity contribution in [3.8, 4) is 11.5 Å². The average molecular weight is 275 g/mol. The summed E-state index contributed by atoms with van der Waals surface area (Å²) in [6, 6.07) is 6.96. The molecule has 1 heterocycles. The molecule has 0 amide bonds. The van der Waals surface area contributed by atoms with Crippen molar-refractivity contribution in [2.45, 2.75) is 51.6 Å². The Morgan fingerprint density at radius 3 is 2.85 bits per heavy atom. The van der Waals surface area contributed by atoms with E-state index in [4.69, 9.17) is 9.47 Å². The van der Waals surface area contributed by atoms with Crippen LogP contribution in [0.5, 0.6) is 11.5 Å². The van der Waals surface area contributed by atoms with Crippen LogP contribution in [0, 0.1) is 5.92 Å². The molecule has 0 aromatic heterocycles. The van der Waals surface area contributed by atoms with E-state index < -0.39 is 0 Å². The highest BCUT2D eigenvalue weighted by molar-refractivity contribution is 5.43. The largest absolute Gasteiger partial charge is 0.486 e. The second kappa shape index (κ2) is 6.49. The fourth-order valence-electron chi connectivity index (χ4n) is 3.31. The fraction of sp³-hybridized carbons (Fsp3) is 0.647. The molecule has 1 aromatic rings. The Labute approximate surface area is 121 Å². The Kier molecular flexibility index (Phi) is 4.46. The van der Waals surface area contributed by atoms with Crippen molar-refractivity contribution < 1.29 is 9.47 Å². The zero-order chi connectivity index (χ0) is 13.8. The van der Waals surface area contributed by atoms with Crippen LogP contribution in [-0.4, -0.2) is 19.3 Å². The highest BCUT2D eigenvalue weighted by atomic mass is 16.6. The van der Waals surface area contributed by atoms with Crippen LogP contribution in [0.4, 0.5) is 0 Å². The highest BCUT2D eigenvalue weighted by Crippen LogP contribution is 2.31. The summed E-state index contributed by atoms with van der Waals surface area (Å²) >= 11 is 0. The Morgan fingerprint density at radius 2 is 2.00 bits per heavy atom. The average Bonchev–Trinajstić information content (AvgIpc) is 2.53. The van der Waals surface area contributed by atoms with Crippen LogP contribution < -0.4 is 14.8 Å². The van der Waals surface area contributed by atoms with Gasteiger partial charge < -0.3 is 14.8 Å². The molecular formula is C17H25NO2. The van der Waals surface area contributed by atoms with Crippen LogP contribution in [-0.2, 0) is 6.54 Å². The van der Waals surface area contributed by atoms with Gasteiger partial charge in [0, 0.05) is 12.6 Å². The molecule has 2 unspecified atom stereocenters. The minimum absolute atomic E-state index is 0.657. The predicted molar refractivity (Wildman–Crippen MR) is 80.3 cm³/mol. The number of ether oxygens (including phenoxy) is 2. The van der Waals surface area contributed by atoms with Crippen LogP contribution in [0.2, 0.25) is 0 Å². The molecule has 2 atom stereocenters. The van der Waals surface area contributed by atoms with Gasteiger partial charge in [-0.05, 0) is 36.5 Å². The molecule has 1 aliphatic carbocycles. The van der Waals surface area contributed by atoms with Gasteiger partial charge in [0.15, 0.2) is 11.5 Å². The van der Waals surface area contributed by atoms with Crippen molar-refractivity contribution in [2.24, 2.45) is 5.92 Å². The molecule has 3 heteroatoms. The Morgan fingerprint density at radius 1 is 1.15 bits per heavy atom. The molecule has 1 N–H and O–H groups in total. The van der Waals surface area contributed by atoms with Gasteiger partial charge in [0.25, 0.3) is 0 Å². The Balaban J connectivity index is 1.55. The van der Waals surface area contributed by atoms with Crippen LogP contribution >= 0.6 is 0 Å². The van der Waals surface area contributed by atoms with Crippen LogP contribution in [0.3, 0.4) is 0 Å². The molecule has 0 saturated heterocycles. The lowest BCUT2D eigenvalue weighted by molar-refractivity contribution is 0.171. The van der Waals surface area contributed by atoms with E-state index in [0.29, 0.717) is 19.3 Å². The second-order valence-corrected chi connectivity index (χ2v) is 6.00. The van der Waals surface area contributed by atoms with E-state index in [1.165, 1.54) is 37.7 Å². The number of hydrogen-bond donors (Lipinski definition) is 1. The molecule has 2 aliphatic rings. The van der Waals surface area contributed by atoms with Gasteiger partial charge in [0.1, 0.15) is 13.2 Å². The first kappa shape index (κ1) is 13.7. The lowest BCUT2D eigenvalue weighted by Crippen LogP contribution is -2.33. The molecule has 0 bridgehead atoms. The summed E-state index contributed by atoms with van der Waals surface area (Å²) in [7, 11) is 0. The molecule has 1 saturated carbocycles. The summed E-state index contributed by atoms with van der Waals surface area (Å²) < 4.78 is 11.2. The normalized spacial score (nSPS) is 25.4. The summed E-state index contributed by atoms with van der Waals surface area (Å²) in [5.41, 5.74) is 1.29. The van der Waals surface area contributed by atoms with E-state index in [1.54, 1.807) is 0 Å². The van der Waals surface area contributed by atoms with Gasteiger partial charge in [0.05, 0.1) is 0 Å². The number of benzene rings is 1. The van der Waals surface area contributed by atoms with Crippen molar-refractivity contribution in [2.75, 3.05) is 13.2 Å². The van der Waals surface area contributed by atoms with Crippen LogP contribution in [0.15, 0.2) is 18.2 Å². The second-order valence-electron chi connectivity index (χ2n) is 6.00. The van der Waals surface area contributed by atoms with Gasteiger partial charge in [-0.25, -0.2) is 0 Å². The number of fused-ring (bicyclic) bond motifs is 1. The number of rotatable bonds is 4. The summed E-state index contributed by atoms with van der Waals surface area (Å²) in [5.74, 6) is 2.69. The molecule has 1 aromatic carbocycles. The van der Waals surface area contributed by atoms with Crippen molar-refractivity contribution in [1.29, 1.82) is 0 Å². The first-order chi connectivity index (χ1) is 9.85. The maximum Gasteiger partial charge on any atom is 0.161 e. The predicted octanol–water partition coefficient (Wildman–Crippen LogP) is 3.52. The third kappa shape index (κ3) is 3.26. The van der Waals surface area contributed by atoms with Crippen LogP contribution in [0.1, 0.15) is 44.6 Å². The fourth-order valence-corrected chi connectivity index (χ4v) is 3.31. The van der Waals surface area contributed by atoms with E-state index in [9.17, 15) is 0 Å². The molecule has 1 aliphatic heterocycles. The molecular weight excluding hydrogens is 250 g/mol. The summed E-state index contributed by atoms with van der Waals surface area (Å²) in [6.45, 7) is 4.56. The van der Waals surface area contributed by atoms with Gasteiger partial charge in [0.2, 0.25) is 0 Å². The quantitative estimate of drug-likeness (QED) is 0.912. The molecule has 20 heavy (non-hydrogen) atoms. The molecule has 1 fully saturated rings. The lowest BCUT2D eigenvalue weighted by atomic mass is 9.84. The standard InChI is InChI=1S/C17H25NO2/c1-2-13-4-3-5-15(10-13)18-12-14-6-7-16-17(11-14)20-9-8-19-16/h6-7,11,13,15,18H,2-5,8-10,12H2,1H3. The van der Waals surface area contributed by atoms with Crippen molar-refractivity contribution in [1.82, 2.24) is 5.32 Å². The van der Waals surface area contributed by atoms with Gasteiger partial charge in [-0.2, -0.15) is 0 Å². The summed E-state index contributed by atoms with van der Waals surface area (Å²) in [6.07, 6.45) is 6.76. The minimum Gasteiger partial charge on any atom is -0.486 e. The molecule has 3 rings (SSSR count). The third-order valence-electron chi connectivity index (χ3n) is 4.56. The van der Waals surface area contributed by atoms with E-state index in [-0.39, 0.29) is 0 Å². The summed E-state index contributed by atoms with van der Waals surface area (Å²) in [4.78, 5) is 0. The Hall–Kier alpha value is -1.22. The SMILES string of the molecule is CCC1CCCC(NCc2ccc3c(c2)OCCO3)C1. The van der Waals surface area contributed by atoms with Gasteiger partial charge in [-0.15, -0.1) is 0 Å². The van der Waals surface area contributed by atoms with E-state index in [0.717, 1.165) is 24.0 Å². The topological polar surface area (TPSA) is 30.5 Å². The zero-order valence-electron chi connectivity index (χ0n) is 12.4. The van der Waals surface area contributed by atoms with Crippen molar-refractivity contribution in [3.05, 3.63) is 23.8 Å². The summed E-state index contributed by atoms with van der Waals surface area (Å²) in [5, 5.41) is 3.71. The maximum absolute atomic E-state index is 5.64. The van der Waals surface area contributed by atoms with Crippen LogP contribution in [0.25, 0.3) is 0 Å². The monoisotopic (exact) mass is 275 g/mol. The van der Waals surface area contributed by atoms with E-state index >= 15 is 0 Å². The first-order valence-corrected chi connectivity index (χ1v) is 7.97. The van der Waals surface area contributed by atoms with Gasteiger partial charge in [-0.3, -0.25) is 0 Å². The zero-order valence-corrected chi connectivity index (χ0v) is 12.4. The molecule has 110 valence electrons. The van der Waals surface area contributed by atoms with Crippen molar-refractivity contribution in [3.63, 3.8) is 0 Å². The Bertz CT molecular complexity index is 447. The van der Waals surface area contributed by atoms with Gasteiger partial charge >= 0.3 is 0 Å². The van der Waals surface area contributed by atoms with Gasteiger partial charge in [-0.1, -0.05) is 32.3 Å². The third-order valence-corrected chi connectivity index (χ3v) is 4.56. The lowest BCUT2D eigenvalue weighted by Gasteiger charge is -2.29. The number of hydrogen-bond acceptors (Lipinski definition) is 3. The minimum atomic E-state index is 0.657. The highest BCUT2D eigenvalue weighted by Gasteiger charge is 2.20. The molecule has 3 nitrogen and oxygen atoms in total. The van der Waals surface area contributed by atoms with E-state index in [2.05, 4.69) is 24.4 Å². The number of nitrogens with one attached hydrogen (secondary N) is 1. The van der Waals surface area contributed by atoms with Crippen molar-refractivity contribution >= 4 is 0 Å². The van der Waals surface area contributed by atoms with E-state index in [1.807, 2.05) is 6.07 Å². The maximum atomic E-state index is 5.64. The molecule has 0 spiro atoms. The smallest absolute Gasteiger partial charge is 0.161 e. The first-order valence-electron chi connectivity index (χ1n) is 7.97. The molecule has 0 radical (unpaired) electrons.